The lowest BCUT2D eigenvalue weighted by Gasteiger charge is -2.05. The number of phenolic OH excluding ortho intramolecular Hbond substituents is 1. The third-order valence-corrected chi connectivity index (χ3v) is 2.92. The Hall–Kier alpha value is -1.88. The summed E-state index contributed by atoms with van der Waals surface area (Å²) in [5, 5.41) is 14.0. The van der Waals surface area contributed by atoms with Crippen LogP contribution in [0.15, 0.2) is 35.2 Å². The van der Waals surface area contributed by atoms with Crippen molar-refractivity contribution in [2.45, 2.75) is 6.42 Å². The van der Waals surface area contributed by atoms with Gasteiger partial charge >= 0.3 is 0 Å². The van der Waals surface area contributed by atoms with E-state index in [1.54, 1.807) is 23.0 Å². The Labute approximate surface area is 103 Å². The Balaban J connectivity index is 1.84. The summed E-state index contributed by atoms with van der Waals surface area (Å²) in [6, 6.07) is 7.10. The van der Waals surface area contributed by atoms with E-state index in [2.05, 4.69) is 10.3 Å². The zero-order valence-electron chi connectivity index (χ0n) is 9.09. The van der Waals surface area contributed by atoms with Crippen LogP contribution in [0, 0.1) is 0 Å². The number of aromatic hydroxyl groups is 1. The van der Waals surface area contributed by atoms with Crippen molar-refractivity contribution >= 4 is 17.2 Å². The number of nitrogens with zero attached hydrogens (tertiary/aromatic N) is 1. The van der Waals surface area contributed by atoms with Crippen LogP contribution in [0.1, 0.15) is 16.1 Å². The molecule has 5 heteroatoms. The molecular weight excluding hydrogens is 236 g/mol. The van der Waals surface area contributed by atoms with Crippen LogP contribution in [0.3, 0.4) is 0 Å². The molecule has 0 saturated carbocycles. The van der Waals surface area contributed by atoms with Crippen LogP contribution in [0.2, 0.25) is 0 Å². The molecular formula is C12H12N2O2S. The Morgan fingerprint density at radius 1 is 1.41 bits per heavy atom. The van der Waals surface area contributed by atoms with E-state index in [-0.39, 0.29) is 11.7 Å². The quantitative estimate of drug-likeness (QED) is 0.867. The number of benzene rings is 1. The minimum absolute atomic E-state index is 0.179. The first-order valence-corrected chi connectivity index (χ1v) is 6.15. The highest BCUT2D eigenvalue weighted by Gasteiger charge is 2.06. The summed E-state index contributed by atoms with van der Waals surface area (Å²) in [7, 11) is 0. The minimum Gasteiger partial charge on any atom is -0.508 e. The third kappa shape index (κ3) is 3.04. The second kappa shape index (κ2) is 5.45. The van der Waals surface area contributed by atoms with E-state index in [1.165, 1.54) is 11.3 Å². The molecule has 1 amide bonds. The summed E-state index contributed by atoms with van der Waals surface area (Å²) in [4.78, 5) is 15.5. The second-order valence-electron chi connectivity index (χ2n) is 3.51. The fraction of sp³-hybridized carbons (Fsp3) is 0.167. The smallest absolute Gasteiger partial charge is 0.270 e. The molecule has 1 heterocycles. The van der Waals surface area contributed by atoms with E-state index in [0.29, 0.717) is 18.7 Å². The topological polar surface area (TPSA) is 62.2 Å². The lowest BCUT2D eigenvalue weighted by Crippen LogP contribution is -2.25. The maximum Gasteiger partial charge on any atom is 0.270 e. The number of thiazole rings is 1. The Bertz CT molecular complexity index is 497. The fourth-order valence-electron chi connectivity index (χ4n) is 1.45. The number of carbonyl (C=O) groups is 1. The van der Waals surface area contributed by atoms with E-state index >= 15 is 0 Å². The molecule has 2 rings (SSSR count). The van der Waals surface area contributed by atoms with Gasteiger partial charge in [0.2, 0.25) is 0 Å². The monoisotopic (exact) mass is 248 g/mol. The van der Waals surface area contributed by atoms with Crippen molar-refractivity contribution in [3.8, 4) is 5.75 Å². The number of rotatable bonds is 4. The SMILES string of the molecule is O=C(NCCc1ccccc1O)c1cscn1. The van der Waals surface area contributed by atoms with Gasteiger partial charge in [0.1, 0.15) is 11.4 Å². The first-order chi connectivity index (χ1) is 8.27. The molecule has 88 valence electrons. The van der Waals surface area contributed by atoms with Gasteiger partial charge in [0, 0.05) is 11.9 Å². The highest BCUT2D eigenvalue weighted by Crippen LogP contribution is 2.15. The van der Waals surface area contributed by atoms with Gasteiger partial charge in [-0.15, -0.1) is 11.3 Å². The van der Waals surface area contributed by atoms with Crippen LogP contribution in [-0.4, -0.2) is 22.5 Å². The van der Waals surface area contributed by atoms with Crippen LogP contribution in [0.5, 0.6) is 5.75 Å². The minimum atomic E-state index is -0.179. The molecule has 0 spiro atoms. The number of hydrogen-bond donors (Lipinski definition) is 2. The Morgan fingerprint density at radius 2 is 2.24 bits per heavy atom. The Kier molecular flexibility index (Phi) is 3.72. The average Bonchev–Trinajstić information content (AvgIpc) is 2.85. The van der Waals surface area contributed by atoms with Crippen molar-refractivity contribution in [2.75, 3.05) is 6.54 Å². The number of nitrogens with one attached hydrogen (secondary N) is 1. The summed E-state index contributed by atoms with van der Waals surface area (Å²) in [5.74, 6) is 0.0806. The summed E-state index contributed by atoms with van der Waals surface area (Å²) >= 11 is 1.39. The van der Waals surface area contributed by atoms with Crippen molar-refractivity contribution in [3.63, 3.8) is 0 Å². The summed E-state index contributed by atoms with van der Waals surface area (Å²) in [6.07, 6.45) is 0.600. The van der Waals surface area contributed by atoms with Gasteiger partial charge in [0.25, 0.3) is 5.91 Å². The van der Waals surface area contributed by atoms with Crippen LogP contribution in [-0.2, 0) is 6.42 Å². The van der Waals surface area contributed by atoms with Gasteiger partial charge in [-0.2, -0.15) is 0 Å². The number of amides is 1. The molecule has 0 atom stereocenters. The maximum atomic E-state index is 11.6. The van der Waals surface area contributed by atoms with Gasteiger partial charge < -0.3 is 10.4 Å². The molecule has 17 heavy (non-hydrogen) atoms. The zero-order valence-corrected chi connectivity index (χ0v) is 9.91. The third-order valence-electron chi connectivity index (χ3n) is 2.34. The van der Waals surface area contributed by atoms with E-state index in [4.69, 9.17) is 0 Å². The number of phenols is 1. The van der Waals surface area contributed by atoms with Gasteiger partial charge in [-0.05, 0) is 18.1 Å². The van der Waals surface area contributed by atoms with E-state index in [0.717, 1.165) is 5.56 Å². The van der Waals surface area contributed by atoms with Gasteiger partial charge in [-0.3, -0.25) is 4.79 Å². The highest BCUT2D eigenvalue weighted by atomic mass is 32.1. The van der Waals surface area contributed by atoms with E-state index in [1.807, 2.05) is 12.1 Å². The highest BCUT2D eigenvalue weighted by molar-refractivity contribution is 7.07. The van der Waals surface area contributed by atoms with Crippen LogP contribution in [0.25, 0.3) is 0 Å². The standard InChI is InChI=1S/C12H12N2O2S/c15-11-4-2-1-3-9(11)5-6-13-12(16)10-7-17-8-14-10/h1-4,7-8,15H,5-6H2,(H,13,16). The normalized spacial score (nSPS) is 10.1. The molecule has 0 radical (unpaired) electrons. The lowest BCUT2D eigenvalue weighted by atomic mass is 10.1. The number of para-hydroxylation sites is 1. The summed E-state index contributed by atoms with van der Waals surface area (Å²) < 4.78 is 0. The molecule has 2 aromatic rings. The first kappa shape index (κ1) is 11.6. The van der Waals surface area contributed by atoms with Gasteiger partial charge in [0.05, 0.1) is 5.51 Å². The fourth-order valence-corrected chi connectivity index (χ4v) is 1.98. The summed E-state index contributed by atoms with van der Waals surface area (Å²) in [6.45, 7) is 0.480. The first-order valence-electron chi connectivity index (χ1n) is 5.20. The molecule has 0 aliphatic heterocycles. The number of aromatic nitrogens is 1. The van der Waals surface area contributed by atoms with Crippen molar-refractivity contribution in [1.82, 2.24) is 10.3 Å². The van der Waals surface area contributed by atoms with Crippen LogP contribution in [0.4, 0.5) is 0 Å². The average molecular weight is 248 g/mol. The van der Waals surface area contributed by atoms with Gasteiger partial charge in [-0.25, -0.2) is 4.98 Å². The van der Waals surface area contributed by atoms with Gasteiger partial charge in [-0.1, -0.05) is 18.2 Å². The molecule has 4 nitrogen and oxygen atoms in total. The molecule has 0 fully saturated rings. The number of carbonyl (C=O) groups excluding carboxylic acids is 1. The molecule has 0 bridgehead atoms. The predicted octanol–water partition coefficient (Wildman–Crippen LogP) is 1.82. The van der Waals surface area contributed by atoms with Crippen LogP contribution >= 0.6 is 11.3 Å². The number of hydrogen-bond acceptors (Lipinski definition) is 4. The Morgan fingerprint density at radius 3 is 2.94 bits per heavy atom. The molecule has 1 aromatic carbocycles. The van der Waals surface area contributed by atoms with Crippen molar-refractivity contribution in [3.05, 3.63) is 46.4 Å². The van der Waals surface area contributed by atoms with Gasteiger partial charge in [0.15, 0.2) is 0 Å². The van der Waals surface area contributed by atoms with Crippen molar-refractivity contribution in [2.24, 2.45) is 0 Å². The molecule has 2 N–H and O–H groups in total. The lowest BCUT2D eigenvalue weighted by molar-refractivity contribution is 0.0950. The zero-order chi connectivity index (χ0) is 12.1. The van der Waals surface area contributed by atoms with Crippen molar-refractivity contribution in [1.29, 1.82) is 0 Å². The predicted molar refractivity (Wildman–Crippen MR) is 66.3 cm³/mol. The molecule has 1 aromatic heterocycles. The van der Waals surface area contributed by atoms with Crippen LogP contribution < -0.4 is 5.32 Å². The summed E-state index contributed by atoms with van der Waals surface area (Å²) in [5.41, 5.74) is 2.89. The molecule has 0 aliphatic rings. The van der Waals surface area contributed by atoms with E-state index in [9.17, 15) is 9.90 Å². The maximum absolute atomic E-state index is 11.6. The van der Waals surface area contributed by atoms with Crippen molar-refractivity contribution < 1.29 is 9.90 Å². The van der Waals surface area contributed by atoms with E-state index < -0.39 is 0 Å². The molecule has 0 aliphatic carbocycles. The largest absolute Gasteiger partial charge is 0.508 e. The second-order valence-corrected chi connectivity index (χ2v) is 4.23. The molecule has 0 unspecified atom stereocenters. The molecule has 0 saturated heterocycles.